The molecule has 1 fully saturated rings. The van der Waals surface area contributed by atoms with E-state index in [2.05, 4.69) is 36.8 Å². The Morgan fingerprint density at radius 2 is 1.83 bits per heavy atom. The van der Waals surface area contributed by atoms with E-state index in [9.17, 15) is 10.1 Å². The van der Waals surface area contributed by atoms with Gasteiger partial charge in [-0.15, -0.1) is 0 Å². The lowest BCUT2D eigenvalue weighted by molar-refractivity contribution is 0.589. The lowest BCUT2D eigenvalue weighted by atomic mass is 10.1. The fourth-order valence-corrected chi connectivity index (χ4v) is 3.39. The fourth-order valence-electron chi connectivity index (χ4n) is 3.39. The summed E-state index contributed by atoms with van der Waals surface area (Å²) in [4.78, 5) is 21.6. The molecule has 0 spiro atoms. The third-order valence-electron chi connectivity index (χ3n) is 4.85. The number of hydrogen-bond acceptors (Lipinski definition) is 7. The van der Waals surface area contributed by atoms with Crippen molar-refractivity contribution in [2.45, 2.75) is 0 Å². The highest BCUT2D eigenvalue weighted by Crippen LogP contribution is 2.20. The molecule has 1 aliphatic heterocycles. The maximum absolute atomic E-state index is 12.3. The van der Waals surface area contributed by atoms with Gasteiger partial charge in [0.15, 0.2) is 0 Å². The minimum atomic E-state index is -0.509. The highest BCUT2D eigenvalue weighted by atomic mass is 16.1. The first-order valence-electron chi connectivity index (χ1n) is 9.70. The molecule has 0 amide bonds. The summed E-state index contributed by atoms with van der Waals surface area (Å²) in [6.45, 7) is 3.76. The third kappa shape index (κ3) is 4.21. The van der Waals surface area contributed by atoms with Crippen LogP contribution in [0.4, 0.5) is 11.6 Å². The number of nitriles is 1. The van der Waals surface area contributed by atoms with Gasteiger partial charge in [-0.05, 0) is 6.07 Å². The highest BCUT2D eigenvalue weighted by molar-refractivity contribution is 5.88. The van der Waals surface area contributed by atoms with Gasteiger partial charge in [0.1, 0.15) is 11.6 Å². The Bertz CT molecular complexity index is 1140. The van der Waals surface area contributed by atoms with Crippen LogP contribution in [0.1, 0.15) is 11.1 Å². The second-order valence-corrected chi connectivity index (χ2v) is 6.78. The van der Waals surface area contributed by atoms with Gasteiger partial charge in [-0.25, -0.2) is 10.4 Å². The SMILES string of the molecule is N#Cc1c(-c2ccccc2)nc(NN=Cc2ccccc2N2CCNCC2)[nH]c1=O. The molecular formula is C22H21N7O. The molecule has 0 radical (unpaired) electrons. The number of rotatable bonds is 5. The zero-order valence-electron chi connectivity index (χ0n) is 16.3. The third-order valence-corrected chi connectivity index (χ3v) is 4.85. The van der Waals surface area contributed by atoms with E-state index in [0.717, 1.165) is 37.4 Å². The number of nitrogens with one attached hydrogen (secondary N) is 3. The summed E-state index contributed by atoms with van der Waals surface area (Å²) >= 11 is 0. The predicted octanol–water partition coefficient (Wildman–Crippen LogP) is 2.16. The lowest BCUT2D eigenvalue weighted by Crippen LogP contribution is -2.43. The fraction of sp³-hybridized carbons (Fsp3) is 0.182. The summed E-state index contributed by atoms with van der Waals surface area (Å²) in [6.07, 6.45) is 1.71. The van der Waals surface area contributed by atoms with Crippen molar-refractivity contribution in [3.05, 3.63) is 76.1 Å². The topological polar surface area (TPSA) is 109 Å². The van der Waals surface area contributed by atoms with Gasteiger partial charge in [-0.3, -0.25) is 9.78 Å². The van der Waals surface area contributed by atoms with Gasteiger partial charge in [0.25, 0.3) is 5.56 Å². The average Bonchev–Trinajstić information content (AvgIpc) is 2.80. The molecule has 2 aromatic carbocycles. The molecule has 3 aromatic rings. The number of nitrogens with zero attached hydrogens (tertiary/aromatic N) is 4. The van der Waals surface area contributed by atoms with Crippen LogP contribution in [0.25, 0.3) is 11.3 Å². The molecule has 150 valence electrons. The highest BCUT2D eigenvalue weighted by Gasteiger charge is 2.14. The zero-order valence-corrected chi connectivity index (χ0v) is 16.3. The zero-order chi connectivity index (χ0) is 20.8. The Morgan fingerprint density at radius 1 is 1.10 bits per heavy atom. The van der Waals surface area contributed by atoms with E-state index in [1.165, 1.54) is 0 Å². The monoisotopic (exact) mass is 399 g/mol. The molecule has 0 aliphatic carbocycles. The number of anilines is 2. The number of piperazine rings is 1. The number of H-pyrrole nitrogens is 1. The van der Waals surface area contributed by atoms with Crippen molar-refractivity contribution in [1.29, 1.82) is 5.26 Å². The second-order valence-electron chi connectivity index (χ2n) is 6.78. The minimum absolute atomic E-state index is 0.0280. The Labute approximate surface area is 173 Å². The molecule has 3 N–H and O–H groups in total. The van der Waals surface area contributed by atoms with Gasteiger partial charge < -0.3 is 10.2 Å². The number of para-hydroxylation sites is 1. The molecule has 8 heteroatoms. The van der Waals surface area contributed by atoms with E-state index in [-0.39, 0.29) is 11.5 Å². The Hall–Kier alpha value is -3.96. The van der Waals surface area contributed by atoms with Gasteiger partial charge in [0.2, 0.25) is 5.95 Å². The largest absolute Gasteiger partial charge is 0.368 e. The van der Waals surface area contributed by atoms with Gasteiger partial charge in [-0.1, -0.05) is 48.5 Å². The summed E-state index contributed by atoms with van der Waals surface area (Å²) < 4.78 is 0. The minimum Gasteiger partial charge on any atom is -0.368 e. The van der Waals surface area contributed by atoms with Gasteiger partial charge in [0, 0.05) is 43.0 Å². The molecule has 1 aromatic heterocycles. The van der Waals surface area contributed by atoms with Crippen LogP contribution in [0.2, 0.25) is 0 Å². The van der Waals surface area contributed by atoms with Crippen LogP contribution in [0.15, 0.2) is 64.5 Å². The smallest absolute Gasteiger partial charge is 0.270 e. The standard InChI is InChI=1S/C22H21N7O/c23-14-18-20(16-6-2-1-3-7-16)26-22(27-21(18)30)28-25-15-17-8-4-5-9-19(17)29-12-10-24-11-13-29/h1-9,15,24H,10-13H2,(H2,26,27,28,30). The molecule has 30 heavy (non-hydrogen) atoms. The van der Waals surface area contributed by atoms with E-state index in [4.69, 9.17) is 0 Å². The number of hydrazone groups is 1. The quantitative estimate of drug-likeness (QED) is 0.448. The molecule has 4 rings (SSSR count). The maximum Gasteiger partial charge on any atom is 0.270 e. The summed E-state index contributed by atoms with van der Waals surface area (Å²) in [5.74, 6) is 0.175. The van der Waals surface area contributed by atoms with E-state index >= 15 is 0 Å². The van der Waals surface area contributed by atoms with E-state index in [0.29, 0.717) is 11.3 Å². The number of aromatic amines is 1. The first-order chi connectivity index (χ1) is 14.8. The Balaban J connectivity index is 1.59. The van der Waals surface area contributed by atoms with Crippen molar-refractivity contribution in [2.24, 2.45) is 5.10 Å². The molecule has 1 aliphatic rings. The molecule has 0 unspecified atom stereocenters. The number of hydrogen-bond donors (Lipinski definition) is 3. The summed E-state index contributed by atoms with van der Waals surface area (Å²) in [7, 11) is 0. The predicted molar refractivity (Wildman–Crippen MR) is 118 cm³/mol. The van der Waals surface area contributed by atoms with Crippen molar-refractivity contribution in [1.82, 2.24) is 15.3 Å². The van der Waals surface area contributed by atoms with Gasteiger partial charge in [-0.2, -0.15) is 10.4 Å². The molecule has 1 saturated heterocycles. The molecule has 0 bridgehead atoms. The van der Waals surface area contributed by atoms with E-state index in [1.807, 2.05) is 42.5 Å². The first kappa shape index (κ1) is 19.4. The first-order valence-corrected chi connectivity index (χ1v) is 9.70. The molecular weight excluding hydrogens is 378 g/mol. The van der Waals surface area contributed by atoms with E-state index in [1.54, 1.807) is 18.3 Å². The van der Waals surface area contributed by atoms with Crippen molar-refractivity contribution >= 4 is 17.9 Å². The normalized spacial score (nSPS) is 13.9. The molecule has 2 heterocycles. The molecule has 8 nitrogen and oxygen atoms in total. The van der Waals surface area contributed by atoms with Gasteiger partial charge >= 0.3 is 0 Å². The average molecular weight is 399 g/mol. The van der Waals surface area contributed by atoms with Crippen molar-refractivity contribution in [3.8, 4) is 17.3 Å². The Morgan fingerprint density at radius 3 is 2.60 bits per heavy atom. The van der Waals surface area contributed by atoms with Crippen LogP contribution in [-0.2, 0) is 0 Å². The van der Waals surface area contributed by atoms with Crippen LogP contribution < -0.4 is 21.2 Å². The second kappa shape index (κ2) is 9.03. The van der Waals surface area contributed by atoms with Crippen LogP contribution in [-0.4, -0.2) is 42.4 Å². The van der Waals surface area contributed by atoms with Crippen LogP contribution >= 0.6 is 0 Å². The van der Waals surface area contributed by atoms with Crippen molar-refractivity contribution < 1.29 is 0 Å². The van der Waals surface area contributed by atoms with Crippen LogP contribution in [0.3, 0.4) is 0 Å². The summed E-state index contributed by atoms with van der Waals surface area (Å²) in [5.41, 5.74) is 5.33. The van der Waals surface area contributed by atoms with E-state index < -0.39 is 5.56 Å². The van der Waals surface area contributed by atoms with Crippen molar-refractivity contribution in [3.63, 3.8) is 0 Å². The van der Waals surface area contributed by atoms with Crippen molar-refractivity contribution in [2.75, 3.05) is 36.5 Å². The lowest BCUT2D eigenvalue weighted by Gasteiger charge is -2.30. The summed E-state index contributed by atoms with van der Waals surface area (Å²) in [6, 6.07) is 19.1. The van der Waals surface area contributed by atoms with Crippen LogP contribution in [0, 0.1) is 11.3 Å². The molecule has 0 atom stereocenters. The number of benzene rings is 2. The van der Waals surface area contributed by atoms with Gasteiger partial charge in [0.05, 0.1) is 11.9 Å². The Kier molecular flexibility index (Phi) is 5.83. The summed E-state index contributed by atoms with van der Waals surface area (Å²) in [5, 5.41) is 17.0. The maximum atomic E-state index is 12.3. The molecule has 0 saturated carbocycles. The number of aromatic nitrogens is 2. The van der Waals surface area contributed by atoms with Crippen LogP contribution in [0.5, 0.6) is 0 Å².